The average Bonchev–Trinajstić information content (AvgIpc) is 2.78. The summed E-state index contributed by atoms with van der Waals surface area (Å²) < 4.78 is 20.1. The number of hydrogen-bond donors (Lipinski definition) is 1. The molecule has 0 radical (unpaired) electrons. The smallest absolute Gasteiger partial charge is 0.159 e. The SMILES string of the molecule is C=CCOc1ccc(-c2ncc(-c3ccc(C=CCCCC(C)O)cc3F)cn2)cc1. The van der Waals surface area contributed by atoms with Crippen LogP contribution in [0.4, 0.5) is 4.39 Å². The Bertz CT molecular complexity index is 1010. The third-order valence-corrected chi connectivity index (χ3v) is 4.74. The van der Waals surface area contributed by atoms with E-state index < -0.39 is 0 Å². The number of hydrogen-bond acceptors (Lipinski definition) is 4. The summed E-state index contributed by atoms with van der Waals surface area (Å²) in [5, 5.41) is 9.27. The molecule has 1 N–H and O–H groups in total. The lowest BCUT2D eigenvalue weighted by Crippen LogP contribution is -1.97. The van der Waals surface area contributed by atoms with Gasteiger partial charge < -0.3 is 9.84 Å². The Kier molecular flexibility index (Phi) is 8.07. The second-order valence-corrected chi connectivity index (χ2v) is 7.34. The highest BCUT2D eigenvalue weighted by molar-refractivity contribution is 5.66. The summed E-state index contributed by atoms with van der Waals surface area (Å²) in [4.78, 5) is 8.79. The molecule has 1 atom stereocenters. The van der Waals surface area contributed by atoms with E-state index in [1.54, 1.807) is 31.5 Å². The summed E-state index contributed by atoms with van der Waals surface area (Å²) in [5.41, 5.74) is 2.74. The van der Waals surface area contributed by atoms with Crippen molar-refractivity contribution in [3.8, 4) is 28.3 Å². The first-order valence-electron chi connectivity index (χ1n) is 10.4. The second kappa shape index (κ2) is 11.2. The van der Waals surface area contributed by atoms with E-state index in [4.69, 9.17) is 4.74 Å². The third kappa shape index (κ3) is 6.59. The first-order valence-corrected chi connectivity index (χ1v) is 10.4. The maximum atomic E-state index is 14.6. The molecule has 0 spiro atoms. The minimum atomic E-state index is -0.314. The van der Waals surface area contributed by atoms with Crippen LogP contribution in [0, 0.1) is 5.82 Å². The van der Waals surface area contributed by atoms with Gasteiger partial charge in [0.1, 0.15) is 18.2 Å². The van der Waals surface area contributed by atoms with Crippen LogP contribution in [0.2, 0.25) is 0 Å². The molecule has 0 bridgehead atoms. The molecule has 31 heavy (non-hydrogen) atoms. The zero-order valence-electron chi connectivity index (χ0n) is 17.7. The van der Waals surface area contributed by atoms with Crippen molar-refractivity contribution < 1.29 is 14.2 Å². The van der Waals surface area contributed by atoms with Crippen molar-refractivity contribution >= 4 is 6.08 Å². The normalized spacial score (nSPS) is 12.1. The first kappa shape index (κ1) is 22.4. The Balaban J connectivity index is 1.66. The molecular weight excluding hydrogens is 391 g/mol. The lowest BCUT2D eigenvalue weighted by atomic mass is 10.0. The third-order valence-electron chi connectivity index (χ3n) is 4.74. The minimum Gasteiger partial charge on any atom is -0.490 e. The molecule has 0 fully saturated rings. The van der Waals surface area contributed by atoms with Crippen LogP contribution in [0.5, 0.6) is 5.75 Å². The number of halogens is 1. The molecule has 0 saturated heterocycles. The predicted molar refractivity (Wildman–Crippen MR) is 123 cm³/mol. The van der Waals surface area contributed by atoms with Crippen molar-refractivity contribution in [2.24, 2.45) is 0 Å². The number of nitrogens with zero attached hydrogens (tertiary/aromatic N) is 2. The standard InChI is InChI=1S/C26H27FN2O2/c1-3-15-31-23-12-10-21(11-13-23)26-28-17-22(18-29-26)24-14-9-20(16-25(24)27)8-6-4-5-7-19(2)30/h3,6,8-14,16-19,30H,1,4-5,7,15H2,2H3. The minimum absolute atomic E-state index is 0.283. The maximum Gasteiger partial charge on any atom is 0.159 e. The zero-order valence-corrected chi connectivity index (χ0v) is 17.7. The van der Waals surface area contributed by atoms with E-state index in [0.717, 1.165) is 36.1 Å². The Morgan fingerprint density at radius 2 is 1.84 bits per heavy atom. The highest BCUT2D eigenvalue weighted by Crippen LogP contribution is 2.25. The molecule has 160 valence electrons. The van der Waals surface area contributed by atoms with Gasteiger partial charge >= 0.3 is 0 Å². The van der Waals surface area contributed by atoms with Crippen molar-refractivity contribution in [1.29, 1.82) is 0 Å². The summed E-state index contributed by atoms with van der Waals surface area (Å²) in [6, 6.07) is 12.6. The lowest BCUT2D eigenvalue weighted by Gasteiger charge is -2.07. The van der Waals surface area contributed by atoms with Crippen LogP contribution >= 0.6 is 0 Å². The molecule has 0 aliphatic carbocycles. The van der Waals surface area contributed by atoms with Gasteiger partial charge in [0.25, 0.3) is 0 Å². The number of rotatable bonds is 10. The van der Waals surface area contributed by atoms with Gasteiger partial charge in [0.05, 0.1) is 6.10 Å². The number of unbranched alkanes of at least 4 members (excludes halogenated alkanes) is 1. The molecule has 3 aromatic rings. The summed E-state index contributed by atoms with van der Waals surface area (Å²) in [6.07, 6.45) is 11.1. The van der Waals surface area contributed by atoms with Crippen LogP contribution in [-0.2, 0) is 0 Å². The number of aromatic nitrogens is 2. The Morgan fingerprint density at radius 3 is 2.48 bits per heavy atom. The molecule has 1 aromatic heterocycles. The maximum absolute atomic E-state index is 14.6. The zero-order chi connectivity index (χ0) is 22.1. The van der Waals surface area contributed by atoms with Gasteiger partial charge in [-0.3, -0.25) is 0 Å². The largest absolute Gasteiger partial charge is 0.490 e. The van der Waals surface area contributed by atoms with Gasteiger partial charge in [-0.1, -0.05) is 36.9 Å². The van der Waals surface area contributed by atoms with Gasteiger partial charge in [-0.25, -0.2) is 14.4 Å². The highest BCUT2D eigenvalue weighted by atomic mass is 19.1. The molecule has 0 saturated carbocycles. The fourth-order valence-corrected chi connectivity index (χ4v) is 3.09. The molecule has 2 aromatic carbocycles. The molecule has 0 aliphatic heterocycles. The van der Waals surface area contributed by atoms with E-state index in [1.807, 2.05) is 42.5 Å². The van der Waals surface area contributed by atoms with Gasteiger partial charge in [-0.15, -0.1) is 0 Å². The van der Waals surface area contributed by atoms with E-state index in [9.17, 15) is 9.50 Å². The topological polar surface area (TPSA) is 55.2 Å². The average molecular weight is 419 g/mol. The number of aliphatic hydroxyl groups excluding tert-OH is 1. The van der Waals surface area contributed by atoms with E-state index in [-0.39, 0.29) is 11.9 Å². The fraction of sp³-hybridized carbons (Fsp3) is 0.231. The summed E-state index contributed by atoms with van der Waals surface area (Å²) in [5.74, 6) is 1.00. The highest BCUT2D eigenvalue weighted by Gasteiger charge is 2.08. The fourth-order valence-electron chi connectivity index (χ4n) is 3.09. The Hall–Kier alpha value is -3.31. The molecule has 0 amide bonds. The number of benzene rings is 2. The van der Waals surface area contributed by atoms with Gasteiger partial charge in [0.15, 0.2) is 5.82 Å². The molecule has 1 unspecified atom stereocenters. The van der Waals surface area contributed by atoms with E-state index >= 15 is 0 Å². The molecule has 4 nitrogen and oxygen atoms in total. The number of allylic oxidation sites excluding steroid dienone is 1. The second-order valence-electron chi connectivity index (χ2n) is 7.34. The van der Waals surface area contributed by atoms with Crippen LogP contribution < -0.4 is 4.74 Å². The Labute approximate surface area is 182 Å². The van der Waals surface area contributed by atoms with Crippen molar-refractivity contribution in [3.05, 3.63) is 85.0 Å². The van der Waals surface area contributed by atoms with E-state index in [1.165, 1.54) is 6.07 Å². The van der Waals surface area contributed by atoms with Crippen LogP contribution in [-0.4, -0.2) is 27.8 Å². The van der Waals surface area contributed by atoms with Gasteiger partial charge in [0.2, 0.25) is 0 Å². The molecule has 0 aliphatic rings. The van der Waals surface area contributed by atoms with Crippen LogP contribution in [0.1, 0.15) is 31.7 Å². The van der Waals surface area contributed by atoms with Crippen molar-refractivity contribution in [2.45, 2.75) is 32.3 Å². The van der Waals surface area contributed by atoms with Crippen molar-refractivity contribution in [1.82, 2.24) is 9.97 Å². The Morgan fingerprint density at radius 1 is 1.10 bits per heavy atom. The molecule has 1 heterocycles. The lowest BCUT2D eigenvalue weighted by molar-refractivity contribution is 0.182. The quantitative estimate of drug-likeness (QED) is 0.320. The van der Waals surface area contributed by atoms with Crippen molar-refractivity contribution in [3.63, 3.8) is 0 Å². The van der Waals surface area contributed by atoms with Crippen LogP contribution in [0.25, 0.3) is 28.6 Å². The monoisotopic (exact) mass is 418 g/mol. The van der Waals surface area contributed by atoms with Gasteiger partial charge in [0, 0.05) is 29.1 Å². The van der Waals surface area contributed by atoms with Crippen LogP contribution in [0.15, 0.2) is 73.6 Å². The van der Waals surface area contributed by atoms with Crippen LogP contribution in [0.3, 0.4) is 0 Å². The van der Waals surface area contributed by atoms with E-state index in [2.05, 4.69) is 16.5 Å². The van der Waals surface area contributed by atoms with Gasteiger partial charge in [-0.2, -0.15) is 0 Å². The molecular formula is C26H27FN2O2. The summed E-state index contributed by atoms with van der Waals surface area (Å²) in [7, 11) is 0. The molecule has 3 rings (SSSR count). The van der Waals surface area contributed by atoms with Crippen molar-refractivity contribution in [2.75, 3.05) is 6.61 Å². The predicted octanol–water partition coefficient (Wildman–Crippen LogP) is 6.08. The number of aliphatic hydroxyl groups is 1. The van der Waals surface area contributed by atoms with Gasteiger partial charge in [-0.05, 0) is 62.1 Å². The summed E-state index contributed by atoms with van der Waals surface area (Å²) >= 11 is 0. The first-order chi connectivity index (χ1) is 15.1. The summed E-state index contributed by atoms with van der Waals surface area (Å²) in [6.45, 7) is 5.86. The molecule has 5 heteroatoms. The number of ether oxygens (including phenoxy) is 1. The van der Waals surface area contributed by atoms with E-state index in [0.29, 0.717) is 23.6 Å².